The van der Waals surface area contributed by atoms with Gasteiger partial charge in [-0.2, -0.15) is 0 Å². The summed E-state index contributed by atoms with van der Waals surface area (Å²) in [6, 6.07) is 0. The molecule has 4 fully saturated rings. The molecule has 2 heteroatoms. The number of hydrogen-bond donors (Lipinski definition) is 0. The number of ether oxygens (including phenoxy) is 2. The lowest BCUT2D eigenvalue weighted by Crippen LogP contribution is -2.52. The van der Waals surface area contributed by atoms with Crippen LogP contribution in [0, 0.1) is 46.8 Å². The van der Waals surface area contributed by atoms with Crippen LogP contribution >= 0.6 is 0 Å². The van der Waals surface area contributed by atoms with Gasteiger partial charge in [-0.1, -0.05) is 20.8 Å². The van der Waals surface area contributed by atoms with Crippen molar-refractivity contribution in [3.63, 3.8) is 0 Å². The lowest BCUT2D eigenvalue weighted by atomic mass is 9.49. The molecule has 4 rings (SSSR count). The Kier molecular flexibility index (Phi) is 4.77. The van der Waals surface area contributed by atoms with E-state index in [-0.39, 0.29) is 5.79 Å². The third kappa shape index (κ3) is 2.73. The van der Waals surface area contributed by atoms with E-state index in [1.165, 1.54) is 44.9 Å². The summed E-state index contributed by atoms with van der Waals surface area (Å²) in [4.78, 5) is 0. The SMILES string of the molecule is COC1(OC)CC[C@H]2[C@@H](CC[C@@H]3[C@@H]2CC[C@]2(C)C(C(C)C)CC[C@@H]32)C1. The highest BCUT2D eigenvalue weighted by atomic mass is 16.7. The number of fused-ring (bicyclic) bond motifs is 5. The molecular formula is C23H40O2. The monoisotopic (exact) mass is 348 g/mol. The van der Waals surface area contributed by atoms with E-state index in [9.17, 15) is 0 Å². The quantitative estimate of drug-likeness (QED) is 0.591. The molecule has 0 aromatic heterocycles. The molecule has 0 N–H and O–H groups in total. The highest BCUT2D eigenvalue weighted by molar-refractivity contribution is 5.07. The molecular weight excluding hydrogens is 308 g/mol. The standard InChI is InChI=1S/C23H40O2/c1-15(2)20-8-9-21-19-7-6-16-14-23(24-4,25-5)13-11-17(16)18(19)10-12-22(20,21)3/h15-21H,6-14H2,1-5H3/t16-,17-,18+,19+,20?,21-,22+/m0/s1. The van der Waals surface area contributed by atoms with E-state index >= 15 is 0 Å². The van der Waals surface area contributed by atoms with E-state index in [2.05, 4.69) is 20.8 Å². The Labute approximate surface area is 155 Å². The average Bonchev–Trinajstić information content (AvgIpc) is 2.98. The lowest BCUT2D eigenvalue weighted by molar-refractivity contribution is -0.247. The maximum absolute atomic E-state index is 5.82. The van der Waals surface area contributed by atoms with Crippen molar-refractivity contribution in [1.29, 1.82) is 0 Å². The van der Waals surface area contributed by atoms with Gasteiger partial charge in [-0.05, 0) is 91.8 Å². The van der Waals surface area contributed by atoms with Crippen LogP contribution in [0.4, 0.5) is 0 Å². The number of methoxy groups -OCH3 is 2. The Morgan fingerprint density at radius 1 is 0.800 bits per heavy atom. The Bertz CT molecular complexity index is 482. The van der Waals surface area contributed by atoms with Crippen LogP contribution in [-0.2, 0) is 9.47 Å². The molecule has 4 aliphatic carbocycles. The minimum absolute atomic E-state index is 0.284. The topological polar surface area (TPSA) is 18.5 Å². The first-order valence-electron chi connectivity index (χ1n) is 11.0. The van der Waals surface area contributed by atoms with Crippen molar-refractivity contribution in [1.82, 2.24) is 0 Å². The van der Waals surface area contributed by atoms with Gasteiger partial charge in [0.15, 0.2) is 5.79 Å². The minimum atomic E-state index is -0.284. The second-order valence-corrected chi connectivity index (χ2v) is 10.5. The predicted molar refractivity (Wildman–Crippen MR) is 102 cm³/mol. The first-order chi connectivity index (χ1) is 11.9. The van der Waals surface area contributed by atoms with Crippen LogP contribution in [0.1, 0.15) is 78.6 Å². The minimum Gasteiger partial charge on any atom is -0.353 e. The fourth-order valence-corrected chi connectivity index (χ4v) is 8.41. The van der Waals surface area contributed by atoms with Gasteiger partial charge >= 0.3 is 0 Å². The molecule has 4 aliphatic rings. The van der Waals surface area contributed by atoms with Crippen molar-refractivity contribution < 1.29 is 9.47 Å². The molecule has 2 nitrogen and oxygen atoms in total. The van der Waals surface area contributed by atoms with Gasteiger partial charge in [0.2, 0.25) is 0 Å². The van der Waals surface area contributed by atoms with Gasteiger partial charge in [-0.3, -0.25) is 0 Å². The molecule has 0 aliphatic heterocycles. The normalized spacial score (nSPS) is 48.7. The Morgan fingerprint density at radius 2 is 1.52 bits per heavy atom. The first kappa shape index (κ1) is 18.3. The van der Waals surface area contributed by atoms with E-state index in [1.54, 1.807) is 0 Å². The maximum atomic E-state index is 5.82. The summed E-state index contributed by atoms with van der Waals surface area (Å²) in [5.74, 6) is 6.35. The van der Waals surface area contributed by atoms with E-state index in [0.717, 1.165) is 54.3 Å². The van der Waals surface area contributed by atoms with Gasteiger partial charge in [0.25, 0.3) is 0 Å². The fraction of sp³-hybridized carbons (Fsp3) is 1.00. The number of hydrogen-bond acceptors (Lipinski definition) is 2. The van der Waals surface area contributed by atoms with Gasteiger partial charge in [-0.25, -0.2) is 0 Å². The smallest absolute Gasteiger partial charge is 0.167 e. The summed E-state index contributed by atoms with van der Waals surface area (Å²) in [7, 11) is 3.68. The maximum Gasteiger partial charge on any atom is 0.167 e. The number of rotatable bonds is 3. The summed E-state index contributed by atoms with van der Waals surface area (Å²) in [6.45, 7) is 7.61. The van der Waals surface area contributed by atoms with Gasteiger partial charge < -0.3 is 9.47 Å². The van der Waals surface area contributed by atoms with E-state index in [0.29, 0.717) is 5.41 Å². The van der Waals surface area contributed by atoms with Crippen molar-refractivity contribution in [3.05, 3.63) is 0 Å². The van der Waals surface area contributed by atoms with Crippen molar-refractivity contribution >= 4 is 0 Å². The molecule has 0 heterocycles. The zero-order valence-electron chi connectivity index (χ0n) is 17.2. The molecule has 0 radical (unpaired) electrons. The van der Waals surface area contributed by atoms with E-state index < -0.39 is 0 Å². The molecule has 0 spiro atoms. The van der Waals surface area contributed by atoms with Crippen LogP contribution in [0.5, 0.6) is 0 Å². The Hall–Kier alpha value is -0.0800. The third-order valence-corrected chi connectivity index (χ3v) is 9.57. The molecule has 4 saturated carbocycles. The van der Waals surface area contributed by atoms with Crippen LogP contribution in [0.3, 0.4) is 0 Å². The van der Waals surface area contributed by atoms with Gasteiger partial charge in [0.1, 0.15) is 0 Å². The molecule has 144 valence electrons. The molecule has 0 aromatic carbocycles. The molecule has 0 saturated heterocycles. The highest BCUT2D eigenvalue weighted by Gasteiger charge is 2.58. The Morgan fingerprint density at radius 3 is 2.20 bits per heavy atom. The summed E-state index contributed by atoms with van der Waals surface area (Å²) in [5.41, 5.74) is 0.639. The largest absolute Gasteiger partial charge is 0.353 e. The van der Waals surface area contributed by atoms with Gasteiger partial charge in [0, 0.05) is 27.1 Å². The Balaban J connectivity index is 1.52. The average molecular weight is 349 g/mol. The van der Waals surface area contributed by atoms with Gasteiger partial charge in [0.05, 0.1) is 0 Å². The van der Waals surface area contributed by atoms with Gasteiger partial charge in [-0.15, -0.1) is 0 Å². The van der Waals surface area contributed by atoms with Crippen LogP contribution in [0.15, 0.2) is 0 Å². The van der Waals surface area contributed by atoms with Crippen molar-refractivity contribution in [3.8, 4) is 0 Å². The van der Waals surface area contributed by atoms with E-state index in [4.69, 9.17) is 9.47 Å². The fourth-order valence-electron chi connectivity index (χ4n) is 8.41. The molecule has 0 amide bonds. The van der Waals surface area contributed by atoms with Crippen LogP contribution in [0.2, 0.25) is 0 Å². The van der Waals surface area contributed by atoms with Crippen LogP contribution in [-0.4, -0.2) is 20.0 Å². The predicted octanol–water partition coefficient (Wildman–Crippen LogP) is 5.90. The molecule has 0 aromatic rings. The molecule has 0 bridgehead atoms. The van der Waals surface area contributed by atoms with Crippen molar-refractivity contribution in [2.75, 3.05) is 14.2 Å². The third-order valence-electron chi connectivity index (χ3n) is 9.57. The summed E-state index contributed by atoms with van der Waals surface area (Å²) >= 11 is 0. The molecule has 25 heavy (non-hydrogen) atoms. The first-order valence-corrected chi connectivity index (χ1v) is 11.0. The van der Waals surface area contributed by atoms with Crippen LogP contribution < -0.4 is 0 Å². The zero-order valence-corrected chi connectivity index (χ0v) is 17.2. The lowest BCUT2D eigenvalue weighted by Gasteiger charge is -2.57. The highest BCUT2D eigenvalue weighted by Crippen LogP contribution is 2.65. The molecule has 1 unspecified atom stereocenters. The summed E-state index contributed by atoms with van der Waals surface area (Å²) in [5, 5.41) is 0. The second-order valence-electron chi connectivity index (χ2n) is 10.5. The van der Waals surface area contributed by atoms with Crippen molar-refractivity contribution in [2.24, 2.45) is 46.8 Å². The zero-order chi connectivity index (χ0) is 17.8. The summed E-state index contributed by atoms with van der Waals surface area (Å²) < 4.78 is 11.6. The van der Waals surface area contributed by atoms with E-state index in [1.807, 2.05) is 14.2 Å². The van der Waals surface area contributed by atoms with Crippen LogP contribution in [0.25, 0.3) is 0 Å². The van der Waals surface area contributed by atoms with Crippen molar-refractivity contribution in [2.45, 2.75) is 84.3 Å². The summed E-state index contributed by atoms with van der Waals surface area (Å²) in [6.07, 6.45) is 12.4. The second kappa shape index (κ2) is 6.51. The molecule has 7 atom stereocenters.